The fourth-order valence-corrected chi connectivity index (χ4v) is 3.84. The molecule has 0 N–H and O–H groups in total. The summed E-state index contributed by atoms with van der Waals surface area (Å²) in [5, 5.41) is 1.24. The lowest BCUT2D eigenvalue weighted by molar-refractivity contribution is 0.306. The Bertz CT molecular complexity index is 1310. The lowest BCUT2D eigenvalue weighted by atomic mass is 10.2. The first-order chi connectivity index (χ1) is 15.2. The normalized spacial score (nSPS) is 11.2. The Kier molecular flexibility index (Phi) is 5.04. The highest BCUT2D eigenvalue weighted by Gasteiger charge is 2.14. The number of rotatable bonds is 6. The van der Waals surface area contributed by atoms with Gasteiger partial charge in [-0.05, 0) is 61.2 Å². The number of fused-ring (bicyclic) bond motifs is 1. The van der Waals surface area contributed by atoms with Crippen LogP contribution in [-0.2, 0) is 13.2 Å². The molecular weight excluding hydrogens is 384 g/mol. The lowest BCUT2D eigenvalue weighted by Gasteiger charge is -2.06. The molecule has 0 aliphatic carbocycles. The molecule has 3 aromatic carbocycles. The van der Waals surface area contributed by atoms with Gasteiger partial charge in [-0.3, -0.25) is 0 Å². The Morgan fingerprint density at radius 1 is 0.871 bits per heavy atom. The molecule has 0 spiro atoms. The maximum atomic E-state index is 6.01. The van der Waals surface area contributed by atoms with E-state index in [1.807, 2.05) is 49.4 Å². The van der Waals surface area contributed by atoms with Crippen molar-refractivity contribution in [3.63, 3.8) is 0 Å². The maximum Gasteiger partial charge on any atom is 0.226 e. The second kappa shape index (κ2) is 8.15. The number of aryl methyl sites for hydroxylation is 2. The Morgan fingerprint density at radius 2 is 1.61 bits per heavy atom. The molecule has 0 radical (unpaired) electrons. The first-order valence-electron chi connectivity index (χ1n) is 10.5. The second-order valence-electron chi connectivity index (χ2n) is 7.75. The van der Waals surface area contributed by atoms with Crippen LogP contribution in [0.4, 0.5) is 0 Å². The predicted molar refractivity (Wildman–Crippen MR) is 123 cm³/mol. The molecule has 0 fully saturated rings. The molecule has 2 aromatic heterocycles. The molecule has 0 bridgehead atoms. The average molecular weight is 409 g/mol. The van der Waals surface area contributed by atoms with Crippen molar-refractivity contribution < 1.29 is 9.15 Å². The van der Waals surface area contributed by atoms with Crippen molar-refractivity contribution in [3.05, 3.63) is 108 Å². The summed E-state index contributed by atoms with van der Waals surface area (Å²) in [6.45, 7) is 5.34. The standard InChI is InChI=1S/C27H24N2O2/c1-19-16-23-10-6-7-11-26(23)29(19)17-25-20(2)31-27(28-25)22-12-14-24(15-13-22)30-18-21-8-4-3-5-9-21/h3-16H,17-18H2,1-2H3. The Labute approximate surface area is 181 Å². The number of hydrogen-bond donors (Lipinski definition) is 0. The van der Waals surface area contributed by atoms with E-state index in [-0.39, 0.29) is 0 Å². The van der Waals surface area contributed by atoms with Gasteiger partial charge in [0, 0.05) is 16.8 Å². The van der Waals surface area contributed by atoms with Crippen LogP contribution in [0.5, 0.6) is 5.75 Å². The molecule has 0 saturated carbocycles. The molecule has 0 aliphatic rings. The minimum absolute atomic E-state index is 0.548. The SMILES string of the molecule is Cc1oc(-c2ccc(OCc3ccccc3)cc2)nc1Cn1c(C)cc2ccccc21. The smallest absolute Gasteiger partial charge is 0.226 e. The summed E-state index contributed by atoms with van der Waals surface area (Å²) in [5.41, 5.74) is 5.46. The maximum absolute atomic E-state index is 6.01. The number of oxazole rings is 1. The van der Waals surface area contributed by atoms with Gasteiger partial charge in [-0.25, -0.2) is 4.98 Å². The molecule has 31 heavy (non-hydrogen) atoms. The van der Waals surface area contributed by atoms with Gasteiger partial charge in [0.15, 0.2) is 0 Å². The summed E-state index contributed by atoms with van der Waals surface area (Å²) in [4.78, 5) is 4.80. The van der Waals surface area contributed by atoms with Gasteiger partial charge in [0.1, 0.15) is 23.8 Å². The molecule has 4 heteroatoms. The summed E-state index contributed by atoms with van der Waals surface area (Å²) >= 11 is 0. The van der Waals surface area contributed by atoms with Crippen molar-refractivity contribution in [2.24, 2.45) is 0 Å². The van der Waals surface area contributed by atoms with Gasteiger partial charge in [0.25, 0.3) is 0 Å². The third-order valence-corrected chi connectivity index (χ3v) is 5.57. The van der Waals surface area contributed by atoms with Crippen LogP contribution < -0.4 is 4.74 Å². The summed E-state index contributed by atoms with van der Waals surface area (Å²) < 4.78 is 14.2. The number of para-hydroxylation sites is 1. The first kappa shape index (κ1) is 19.2. The quantitative estimate of drug-likeness (QED) is 0.320. The van der Waals surface area contributed by atoms with Crippen molar-refractivity contribution in [2.45, 2.75) is 27.0 Å². The zero-order valence-electron chi connectivity index (χ0n) is 17.7. The molecule has 0 amide bonds. The van der Waals surface area contributed by atoms with E-state index in [4.69, 9.17) is 14.1 Å². The largest absolute Gasteiger partial charge is 0.489 e. The van der Waals surface area contributed by atoms with Gasteiger partial charge >= 0.3 is 0 Å². The van der Waals surface area contributed by atoms with Crippen LogP contribution in [0.15, 0.2) is 89.3 Å². The van der Waals surface area contributed by atoms with Crippen molar-refractivity contribution in [2.75, 3.05) is 0 Å². The van der Waals surface area contributed by atoms with E-state index < -0.39 is 0 Å². The Hall–Kier alpha value is -3.79. The molecule has 0 atom stereocenters. The second-order valence-corrected chi connectivity index (χ2v) is 7.75. The third kappa shape index (κ3) is 3.97. The van der Waals surface area contributed by atoms with Crippen molar-refractivity contribution in [3.8, 4) is 17.2 Å². The molecule has 154 valence electrons. The molecule has 5 aromatic rings. The van der Waals surface area contributed by atoms with Crippen LogP contribution in [0.1, 0.15) is 22.7 Å². The van der Waals surface area contributed by atoms with E-state index in [1.165, 1.54) is 16.6 Å². The van der Waals surface area contributed by atoms with E-state index in [0.29, 0.717) is 19.0 Å². The molecule has 2 heterocycles. The van der Waals surface area contributed by atoms with Gasteiger partial charge < -0.3 is 13.7 Å². The molecular formula is C27H24N2O2. The number of hydrogen-bond acceptors (Lipinski definition) is 3. The topological polar surface area (TPSA) is 40.2 Å². The number of nitrogens with zero attached hydrogens (tertiary/aromatic N) is 2. The van der Waals surface area contributed by atoms with Crippen LogP contribution in [-0.4, -0.2) is 9.55 Å². The van der Waals surface area contributed by atoms with Crippen LogP contribution in [0.2, 0.25) is 0 Å². The summed E-state index contributed by atoms with van der Waals surface area (Å²) in [6.07, 6.45) is 0. The van der Waals surface area contributed by atoms with E-state index in [1.54, 1.807) is 0 Å². The highest BCUT2D eigenvalue weighted by molar-refractivity contribution is 5.81. The third-order valence-electron chi connectivity index (χ3n) is 5.57. The zero-order chi connectivity index (χ0) is 21.2. The monoisotopic (exact) mass is 408 g/mol. The molecule has 0 aliphatic heterocycles. The Balaban J connectivity index is 1.34. The van der Waals surface area contributed by atoms with Crippen LogP contribution >= 0.6 is 0 Å². The van der Waals surface area contributed by atoms with Crippen molar-refractivity contribution in [1.29, 1.82) is 0 Å². The Morgan fingerprint density at radius 3 is 2.42 bits per heavy atom. The average Bonchev–Trinajstić information content (AvgIpc) is 3.33. The van der Waals surface area contributed by atoms with Crippen molar-refractivity contribution in [1.82, 2.24) is 9.55 Å². The van der Waals surface area contributed by atoms with Crippen LogP contribution in [0.25, 0.3) is 22.4 Å². The molecule has 0 unspecified atom stereocenters. The van der Waals surface area contributed by atoms with Gasteiger partial charge in [-0.1, -0.05) is 48.5 Å². The number of ether oxygens (including phenoxy) is 1. The highest BCUT2D eigenvalue weighted by Crippen LogP contribution is 2.26. The summed E-state index contributed by atoms with van der Waals surface area (Å²) in [5.74, 6) is 2.30. The van der Waals surface area contributed by atoms with Gasteiger partial charge in [0.05, 0.1) is 6.54 Å². The zero-order valence-corrected chi connectivity index (χ0v) is 17.7. The lowest BCUT2D eigenvalue weighted by Crippen LogP contribution is -2.03. The number of aromatic nitrogens is 2. The fraction of sp³-hybridized carbons (Fsp3) is 0.148. The van der Waals surface area contributed by atoms with E-state index in [9.17, 15) is 0 Å². The molecule has 0 saturated heterocycles. The molecule has 5 rings (SSSR count). The number of benzene rings is 3. The minimum atomic E-state index is 0.548. The van der Waals surface area contributed by atoms with E-state index in [2.05, 4.69) is 54.0 Å². The predicted octanol–water partition coefficient (Wildman–Crippen LogP) is 6.54. The van der Waals surface area contributed by atoms with Gasteiger partial charge in [-0.15, -0.1) is 0 Å². The van der Waals surface area contributed by atoms with Gasteiger partial charge in [-0.2, -0.15) is 0 Å². The summed E-state index contributed by atoms with van der Waals surface area (Å²) in [7, 11) is 0. The summed E-state index contributed by atoms with van der Waals surface area (Å²) in [6, 6.07) is 28.7. The van der Waals surface area contributed by atoms with Gasteiger partial charge in [0.2, 0.25) is 5.89 Å². The highest BCUT2D eigenvalue weighted by atomic mass is 16.5. The van der Waals surface area contributed by atoms with E-state index >= 15 is 0 Å². The van der Waals surface area contributed by atoms with E-state index in [0.717, 1.165) is 28.3 Å². The minimum Gasteiger partial charge on any atom is -0.489 e. The first-order valence-corrected chi connectivity index (χ1v) is 10.5. The fourth-order valence-electron chi connectivity index (χ4n) is 3.84. The van der Waals surface area contributed by atoms with Crippen molar-refractivity contribution >= 4 is 10.9 Å². The van der Waals surface area contributed by atoms with Crippen LogP contribution in [0, 0.1) is 13.8 Å². The molecule has 4 nitrogen and oxygen atoms in total. The van der Waals surface area contributed by atoms with Crippen LogP contribution in [0.3, 0.4) is 0 Å².